The summed E-state index contributed by atoms with van der Waals surface area (Å²) in [5.74, 6) is 1.63. The smallest absolute Gasteiger partial charge is 0.148 e. The molecule has 1 atom stereocenters. The molecule has 0 amide bonds. The van der Waals surface area contributed by atoms with Crippen LogP contribution in [0.5, 0.6) is 0 Å². The number of aryl methyl sites for hydroxylation is 2. The Bertz CT molecular complexity index is 986. The normalized spacial score (nSPS) is 20.4. The molecule has 0 radical (unpaired) electrons. The third-order valence-electron chi connectivity index (χ3n) is 6.94. The summed E-state index contributed by atoms with van der Waals surface area (Å²) in [5.41, 5.74) is 4.87. The number of hydrogen-bond donors (Lipinski definition) is 1. The van der Waals surface area contributed by atoms with Gasteiger partial charge in [0, 0.05) is 31.9 Å². The molecule has 3 heterocycles. The van der Waals surface area contributed by atoms with Crippen LogP contribution in [0.4, 0.5) is 5.82 Å². The van der Waals surface area contributed by atoms with Crippen LogP contribution in [0.25, 0.3) is 11.3 Å². The second kappa shape index (κ2) is 7.84. The number of piperidine rings is 1. The minimum atomic E-state index is 0.556. The van der Waals surface area contributed by atoms with E-state index in [9.17, 15) is 0 Å². The van der Waals surface area contributed by atoms with Gasteiger partial charge < -0.3 is 5.32 Å². The second-order valence-corrected chi connectivity index (χ2v) is 9.01. The van der Waals surface area contributed by atoms with Gasteiger partial charge in [-0.05, 0) is 68.3 Å². The Morgan fingerprint density at radius 2 is 1.87 bits per heavy atom. The number of anilines is 1. The molecule has 1 aliphatic carbocycles. The molecule has 3 aromatic rings. The molecule has 1 aliphatic heterocycles. The lowest BCUT2D eigenvalue weighted by molar-refractivity contribution is 0.157. The van der Waals surface area contributed by atoms with E-state index >= 15 is 0 Å². The standard InChI is InChI=1S/C24H30N6/c1-18-21(17-29(2)28-18)22-8-9-23(27-26-22)25-15-20-14-24(20)10-12-30(13-11-24)16-19-6-4-3-5-7-19/h3-9,17,20H,10-16H2,1-2H3,(H,25,27). The first-order chi connectivity index (χ1) is 14.6. The minimum Gasteiger partial charge on any atom is -0.368 e. The Morgan fingerprint density at radius 1 is 1.07 bits per heavy atom. The molecule has 6 heteroatoms. The monoisotopic (exact) mass is 402 g/mol. The Labute approximate surface area is 178 Å². The van der Waals surface area contributed by atoms with Gasteiger partial charge in [0.05, 0.1) is 11.4 Å². The molecule has 1 saturated heterocycles. The third-order valence-corrected chi connectivity index (χ3v) is 6.94. The third kappa shape index (κ3) is 3.97. The summed E-state index contributed by atoms with van der Waals surface area (Å²) >= 11 is 0. The predicted octanol–water partition coefficient (Wildman–Crippen LogP) is 3.90. The maximum absolute atomic E-state index is 4.40. The molecule has 1 spiro atoms. The lowest BCUT2D eigenvalue weighted by atomic mass is 9.90. The fraction of sp³-hybridized carbons (Fsp3) is 0.458. The van der Waals surface area contributed by atoms with Crippen molar-refractivity contribution in [2.75, 3.05) is 25.0 Å². The summed E-state index contributed by atoms with van der Waals surface area (Å²) in [7, 11) is 1.93. The van der Waals surface area contributed by atoms with Crippen molar-refractivity contribution in [3.8, 4) is 11.3 Å². The lowest BCUT2D eigenvalue weighted by Gasteiger charge is -2.33. The van der Waals surface area contributed by atoms with Gasteiger partial charge in [-0.2, -0.15) is 5.10 Å². The van der Waals surface area contributed by atoms with Crippen molar-refractivity contribution < 1.29 is 0 Å². The minimum absolute atomic E-state index is 0.556. The van der Waals surface area contributed by atoms with E-state index < -0.39 is 0 Å². The van der Waals surface area contributed by atoms with Gasteiger partial charge in [-0.3, -0.25) is 9.58 Å². The van der Waals surface area contributed by atoms with Crippen molar-refractivity contribution in [3.63, 3.8) is 0 Å². The highest BCUT2D eigenvalue weighted by molar-refractivity contribution is 5.61. The van der Waals surface area contributed by atoms with Gasteiger partial charge in [-0.1, -0.05) is 30.3 Å². The highest BCUT2D eigenvalue weighted by Crippen LogP contribution is 2.59. The number of benzene rings is 1. The molecule has 0 bridgehead atoms. The van der Waals surface area contributed by atoms with Crippen LogP contribution in [0.2, 0.25) is 0 Å². The topological polar surface area (TPSA) is 58.9 Å². The SMILES string of the molecule is Cc1nn(C)cc1-c1ccc(NCC2CC23CCN(Cc2ccccc2)CC3)nn1. The van der Waals surface area contributed by atoms with Gasteiger partial charge in [0.25, 0.3) is 0 Å². The average Bonchev–Trinajstić information content (AvgIpc) is 3.33. The van der Waals surface area contributed by atoms with Crippen LogP contribution in [-0.2, 0) is 13.6 Å². The van der Waals surface area contributed by atoms with Crippen molar-refractivity contribution >= 4 is 5.82 Å². The van der Waals surface area contributed by atoms with Crippen molar-refractivity contribution in [1.29, 1.82) is 0 Å². The van der Waals surface area contributed by atoms with E-state index in [1.54, 1.807) is 0 Å². The first-order valence-corrected chi connectivity index (χ1v) is 11.0. The van der Waals surface area contributed by atoms with Crippen LogP contribution >= 0.6 is 0 Å². The first-order valence-electron chi connectivity index (χ1n) is 11.0. The van der Waals surface area contributed by atoms with Gasteiger partial charge in [0.15, 0.2) is 0 Å². The number of hydrogen-bond acceptors (Lipinski definition) is 5. The molecule has 2 aromatic heterocycles. The molecule has 30 heavy (non-hydrogen) atoms. The predicted molar refractivity (Wildman–Crippen MR) is 119 cm³/mol. The van der Waals surface area contributed by atoms with Gasteiger partial charge >= 0.3 is 0 Å². The summed E-state index contributed by atoms with van der Waals surface area (Å²) in [5, 5.41) is 16.7. The average molecular weight is 403 g/mol. The van der Waals surface area contributed by atoms with Crippen LogP contribution in [0.1, 0.15) is 30.5 Å². The Kier molecular flexibility index (Phi) is 5.03. The Hall–Kier alpha value is -2.73. The van der Waals surface area contributed by atoms with Gasteiger partial charge in [0.1, 0.15) is 5.82 Å². The molecule has 2 aliphatic rings. The van der Waals surface area contributed by atoms with Gasteiger partial charge in [-0.25, -0.2) is 0 Å². The molecule has 1 saturated carbocycles. The van der Waals surface area contributed by atoms with Crippen LogP contribution in [0.3, 0.4) is 0 Å². The van der Waals surface area contributed by atoms with Crippen LogP contribution < -0.4 is 5.32 Å². The zero-order chi connectivity index (χ0) is 20.6. The summed E-state index contributed by atoms with van der Waals surface area (Å²) in [6.45, 7) is 6.51. The van der Waals surface area contributed by atoms with Crippen molar-refractivity contribution in [1.82, 2.24) is 24.9 Å². The van der Waals surface area contributed by atoms with E-state index in [2.05, 4.69) is 55.8 Å². The number of aromatic nitrogens is 4. The highest BCUT2D eigenvalue weighted by atomic mass is 15.3. The highest BCUT2D eigenvalue weighted by Gasteiger charge is 2.54. The Balaban J connectivity index is 1.11. The molecule has 6 nitrogen and oxygen atoms in total. The lowest BCUT2D eigenvalue weighted by Crippen LogP contribution is -2.35. The number of nitrogens with zero attached hydrogens (tertiary/aromatic N) is 5. The molecule has 1 N–H and O–H groups in total. The fourth-order valence-corrected chi connectivity index (χ4v) is 4.98. The maximum atomic E-state index is 4.40. The van der Waals surface area contributed by atoms with Gasteiger partial charge in [0.2, 0.25) is 0 Å². The van der Waals surface area contributed by atoms with Crippen LogP contribution in [-0.4, -0.2) is 44.5 Å². The van der Waals surface area contributed by atoms with E-state index in [0.29, 0.717) is 5.41 Å². The first kappa shape index (κ1) is 19.2. The van der Waals surface area contributed by atoms with Crippen molar-refractivity contribution in [2.24, 2.45) is 18.4 Å². The quantitative estimate of drug-likeness (QED) is 0.678. The number of likely N-dealkylation sites (tertiary alicyclic amines) is 1. The summed E-state index contributed by atoms with van der Waals surface area (Å²) in [4.78, 5) is 2.61. The van der Waals surface area contributed by atoms with Crippen molar-refractivity contribution in [3.05, 3.63) is 59.9 Å². The fourth-order valence-electron chi connectivity index (χ4n) is 4.98. The maximum Gasteiger partial charge on any atom is 0.148 e. The number of rotatable bonds is 6. The molecule has 156 valence electrons. The largest absolute Gasteiger partial charge is 0.368 e. The molecule has 1 aromatic carbocycles. The second-order valence-electron chi connectivity index (χ2n) is 9.01. The van der Waals surface area contributed by atoms with E-state index in [4.69, 9.17) is 0 Å². The molecule has 5 rings (SSSR count). The summed E-state index contributed by atoms with van der Waals surface area (Å²) in [6, 6.07) is 14.9. The van der Waals surface area contributed by atoms with Crippen LogP contribution in [0.15, 0.2) is 48.7 Å². The molecule has 2 fully saturated rings. The van der Waals surface area contributed by atoms with Crippen LogP contribution in [0, 0.1) is 18.3 Å². The van der Waals surface area contributed by atoms with E-state index in [0.717, 1.165) is 41.8 Å². The van der Waals surface area contributed by atoms with E-state index in [1.807, 2.05) is 37.0 Å². The zero-order valence-electron chi connectivity index (χ0n) is 17.9. The summed E-state index contributed by atoms with van der Waals surface area (Å²) in [6.07, 6.45) is 5.97. The molecular weight excluding hydrogens is 372 g/mol. The molecule has 1 unspecified atom stereocenters. The van der Waals surface area contributed by atoms with Crippen molar-refractivity contribution in [2.45, 2.75) is 32.7 Å². The Morgan fingerprint density at radius 3 is 2.53 bits per heavy atom. The number of nitrogens with one attached hydrogen (secondary N) is 1. The van der Waals surface area contributed by atoms with E-state index in [-0.39, 0.29) is 0 Å². The summed E-state index contributed by atoms with van der Waals surface area (Å²) < 4.78 is 1.82. The van der Waals surface area contributed by atoms with E-state index in [1.165, 1.54) is 37.9 Å². The zero-order valence-corrected chi connectivity index (χ0v) is 17.9. The van der Waals surface area contributed by atoms with Gasteiger partial charge in [-0.15, -0.1) is 10.2 Å². The molecular formula is C24H30N6.